The van der Waals surface area contributed by atoms with Gasteiger partial charge in [0.05, 0.1) is 21.4 Å². The van der Waals surface area contributed by atoms with E-state index in [0.717, 1.165) is 30.9 Å². The molecule has 216 valence electrons. The van der Waals surface area contributed by atoms with E-state index < -0.39 is 0 Å². The molecule has 12 heteroatoms. The Morgan fingerprint density at radius 2 is 1.76 bits per heavy atom. The maximum absolute atomic E-state index is 13.3. The van der Waals surface area contributed by atoms with Crippen molar-refractivity contribution >= 4 is 46.4 Å². The second kappa shape index (κ2) is 11.7. The standard InChI is InChI=1S/C29H32Cl3N7O2/c1-16(2)26-25-28(38(35-26)27-22(31)13-20(30)14-23(27)32)33-24(34-29(25)41)12-19-6-8-21(9-7-19)39(18(4)40)37-11-10-36(5)17(3)15-37/h6-9,13-14,16-17,35H,10-12,15H2,1-5H3. The predicted octanol–water partition coefficient (Wildman–Crippen LogP) is 5.64. The van der Waals surface area contributed by atoms with Crippen molar-refractivity contribution in [2.75, 3.05) is 31.7 Å². The van der Waals surface area contributed by atoms with Crippen LogP contribution >= 0.6 is 34.8 Å². The smallest absolute Gasteiger partial charge is 0.284 e. The second-order valence-corrected chi connectivity index (χ2v) is 12.0. The Morgan fingerprint density at radius 1 is 1.10 bits per heavy atom. The molecule has 1 N–H and O–H groups in total. The van der Waals surface area contributed by atoms with Gasteiger partial charge in [0.2, 0.25) is 5.91 Å². The topological polar surface area (TPSA) is 90.4 Å². The van der Waals surface area contributed by atoms with Gasteiger partial charge in [-0.3, -0.25) is 14.7 Å². The van der Waals surface area contributed by atoms with Crippen molar-refractivity contribution in [3.05, 3.63) is 78.9 Å². The van der Waals surface area contributed by atoms with E-state index in [1.807, 2.05) is 38.1 Å². The Balaban J connectivity index is 1.49. The number of rotatable bonds is 6. The molecule has 0 bridgehead atoms. The van der Waals surface area contributed by atoms with Gasteiger partial charge in [0.15, 0.2) is 5.82 Å². The van der Waals surface area contributed by atoms with Crippen molar-refractivity contribution in [3.8, 4) is 17.1 Å². The SMILES string of the molecule is CC(=O)N(c1ccc(Cc2nc3n(-c4c(Cl)cc(Cl)cc4Cl)[nH]c(C(C)C)c-3c(=O)n2)cc1)N1CCN(C)C(C)C1. The summed E-state index contributed by atoms with van der Waals surface area (Å²) < 4.78 is 1.63. The molecule has 0 saturated carbocycles. The monoisotopic (exact) mass is 615 g/mol. The summed E-state index contributed by atoms with van der Waals surface area (Å²) >= 11 is 19.2. The van der Waals surface area contributed by atoms with Crippen molar-refractivity contribution in [2.24, 2.45) is 0 Å². The van der Waals surface area contributed by atoms with Gasteiger partial charge in [-0.1, -0.05) is 60.8 Å². The number of anilines is 1. The summed E-state index contributed by atoms with van der Waals surface area (Å²) in [5.74, 6) is 0.691. The van der Waals surface area contributed by atoms with E-state index in [-0.39, 0.29) is 17.4 Å². The Bertz CT molecular complexity index is 1590. The first-order chi connectivity index (χ1) is 19.4. The zero-order chi connectivity index (χ0) is 29.6. The Kier molecular flexibility index (Phi) is 8.46. The Morgan fingerprint density at radius 3 is 2.34 bits per heavy atom. The lowest BCUT2D eigenvalue weighted by Gasteiger charge is -2.42. The lowest BCUT2D eigenvalue weighted by atomic mass is 10.1. The van der Waals surface area contributed by atoms with Gasteiger partial charge >= 0.3 is 0 Å². The molecule has 0 spiro atoms. The van der Waals surface area contributed by atoms with Gasteiger partial charge in [-0.25, -0.2) is 19.7 Å². The molecule has 0 aliphatic carbocycles. The lowest BCUT2D eigenvalue weighted by Crippen LogP contribution is -2.57. The molecule has 2 aromatic carbocycles. The minimum absolute atomic E-state index is 0.00851. The summed E-state index contributed by atoms with van der Waals surface area (Å²) in [6.45, 7) is 10.1. The summed E-state index contributed by atoms with van der Waals surface area (Å²) in [4.78, 5) is 37.3. The number of aromatic amines is 1. The molecule has 1 amide bonds. The van der Waals surface area contributed by atoms with Crippen LogP contribution in [0.4, 0.5) is 5.69 Å². The highest BCUT2D eigenvalue weighted by molar-refractivity contribution is 6.40. The van der Waals surface area contributed by atoms with Crippen molar-refractivity contribution in [1.82, 2.24) is 29.7 Å². The van der Waals surface area contributed by atoms with E-state index in [1.54, 1.807) is 28.7 Å². The molecule has 3 aliphatic heterocycles. The molecule has 3 heterocycles. The zero-order valence-corrected chi connectivity index (χ0v) is 25.8. The van der Waals surface area contributed by atoms with Gasteiger partial charge in [-0.15, -0.1) is 0 Å². The highest BCUT2D eigenvalue weighted by Gasteiger charge is 2.29. The quantitative estimate of drug-likeness (QED) is 0.302. The summed E-state index contributed by atoms with van der Waals surface area (Å²) in [5, 5.41) is 8.13. The minimum Gasteiger partial charge on any atom is -0.301 e. The Hall–Kier alpha value is -2.95. The number of hydrogen-bond acceptors (Lipinski definition) is 6. The van der Waals surface area contributed by atoms with E-state index >= 15 is 0 Å². The molecule has 0 radical (unpaired) electrons. The van der Waals surface area contributed by atoms with E-state index in [2.05, 4.69) is 34.0 Å². The molecule has 41 heavy (non-hydrogen) atoms. The van der Waals surface area contributed by atoms with Crippen LogP contribution in [0.5, 0.6) is 0 Å². The number of hydrogen-bond donors (Lipinski definition) is 1. The number of benzene rings is 2. The third kappa shape index (κ3) is 5.87. The van der Waals surface area contributed by atoms with Crippen LogP contribution in [0, 0.1) is 0 Å². The van der Waals surface area contributed by atoms with E-state index in [0.29, 0.717) is 56.1 Å². The normalized spacial score (nSPS) is 16.6. The average Bonchev–Trinajstić information content (AvgIpc) is 3.26. The number of hydrazine groups is 1. The molecule has 1 atom stereocenters. The third-order valence-electron chi connectivity index (χ3n) is 7.46. The second-order valence-electron chi connectivity index (χ2n) is 10.8. The van der Waals surface area contributed by atoms with Crippen molar-refractivity contribution in [3.63, 3.8) is 0 Å². The largest absolute Gasteiger partial charge is 0.301 e. The fraction of sp³-hybridized carbons (Fsp3) is 0.379. The average molecular weight is 617 g/mol. The number of fused-ring (bicyclic) bond motifs is 1. The van der Waals surface area contributed by atoms with E-state index in [1.165, 1.54) is 0 Å². The summed E-state index contributed by atoms with van der Waals surface area (Å²) in [6.07, 6.45) is 0.321. The first-order valence-corrected chi connectivity index (χ1v) is 14.6. The fourth-order valence-electron chi connectivity index (χ4n) is 5.20. The maximum atomic E-state index is 13.3. The number of aromatic nitrogens is 4. The number of nitrogens with zero attached hydrogens (tertiary/aromatic N) is 6. The van der Waals surface area contributed by atoms with Crippen molar-refractivity contribution in [1.29, 1.82) is 0 Å². The number of carbonyl (C=O) groups excluding carboxylic acids is 1. The van der Waals surface area contributed by atoms with E-state index in [9.17, 15) is 9.59 Å². The number of amides is 1. The van der Waals surface area contributed by atoms with Crippen LogP contribution < -0.4 is 10.6 Å². The Labute approximate surface area is 253 Å². The van der Waals surface area contributed by atoms with Crippen molar-refractivity contribution < 1.29 is 4.79 Å². The predicted molar refractivity (Wildman–Crippen MR) is 164 cm³/mol. The van der Waals surface area contributed by atoms with Crippen LogP contribution in [0.25, 0.3) is 17.1 Å². The van der Waals surface area contributed by atoms with Gasteiger partial charge in [0.25, 0.3) is 5.56 Å². The van der Waals surface area contributed by atoms with Crippen LogP contribution in [0.1, 0.15) is 50.7 Å². The number of piperazine rings is 1. The molecule has 1 fully saturated rings. The molecule has 1 saturated heterocycles. The van der Waals surface area contributed by atoms with Crippen LogP contribution in [0.2, 0.25) is 15.1 Å². The van der Waals surface area contributed by atoms with Gasteiger partial charge in [-0.05, 0) is 49.7 Å². The summed E-state index contributed by atoms with van der Waals surface area (Å²) in [6, 6.07) is 11.2. The maximum Gasteiger partial charge on any atom is 0.284 e. The molecule has 2 aromatic rings. The number of halogens is 3. The molecule has 5 rings (SSSR count). The van der Waals surface area contributed by atoms with Crippen LogP contribution in [-0.2, 0) is 11.2 Å². The van der Waals surface area contributed by atoms with Crippen molar-refractivity contribution in [2.45, 2.75) is 46.1 Å². The highest BCUT2D eigenvalue weighted by Crippen LogP contribution is 2.36. The molecule has 1 unspecified atom stereocenters. The first kappa shape index (κ1) is 29.5. The fourth-order valence-corrected chi connectivity index (χ4v) is 6.18. The van der Waals surface area contributed by atoms with Gasteiger partial charge in [-0.2, -0.15) is 4.98 Å². The van der Waals surface area contributed by atoms with Gasteiger partial charge in [0, 0.05) is 44.0 Å². The highest BCUT2D eigenvalue weighted by atomic mass is 35.5. The van der Waals surface area contributed by atoms with Crippen LogP contribution in [0.3, 0.4) is 0 Å². The minimum atomic E-state index is -0.381. The molecule has 0 aromatic heterocycles. The van der Waals surface area contributed by atoms with Crippen LogP contribution in [0.15, 0.2) is 41.2 Å². The number of nitrogens with one attached hydrogen (secondary N) is 1. The number of carbonyl (C=O) groups is 1. The molecule has 3 aliphatic rings. The third-order valence-corrected chi connectivity index (χ3v) is 8.26. The summed E-state index contributed by atoms with van der Waals surface area (Å²) in [7, 11) is 2.10. The number of likely N-dealkylation sites (N-methyl/N-ethyl adjacent to an activating group) is 1. The molecule has 9 nitrogen and oxygen atoms in total. The first-order valence-electron chi connectivity index (χ1n) is 13.5. The molecular weight excluding hydrogens is 585 g/mol. The van der Waals surface area contributed by atoms with E-state index in [4.69, 9.17) is 39.8 Å². The van der Waals surface area contributed by atoms with Gasteiger partial charge in [0.1, 0.15) is 17.1 Å². The summed E-state index contributed by atoms with van der Waals surface area (Å²) in [5.41, 5.74) is 2.83. The van der Waals surface area contributed by atoms with Gasteiger partial charge < -0.3 is 4.90 Å². The zero-order valence-electron chi connectivity index (χ0n) is 23.6. The lowest BCUT2D eigenvalue weighted by molar-refractivity contribution is -0.120. The number of H-pyrrole nitrogens is 1. The van der Waals surface area contributed by atoms with Crippen LogP contribution in [-0.4, -0.2) is 68.3 Å². The molecular formula is C29H32Cl3N7O2.